The Labute approximate surface area is 103 Å². The average Bonchev–Trinajstić information content (AvgIpc) is 2.59. The van der Waals surface area contributed by atoms with Gasteiger partial charge in [0.15, 0.2) is 0 Å². The summed E-state index contributed by atoms with van der Waals surface area (Å²) in [4.78, 5) is 13.8. The molecule has 2 aromatic rings. The normalized spacial score (nSPS) is 11.6. The van der Waals surface area contributed by atoms with Crippen LogP contribution in [0.5, 0.6) is 0 Å². The molecule has 0 aliphatic heterocycles. The van der Waals surface area contributed by atoms with Gasteiger partial charge in [-0.15, -0.1) is 0 Å². The summed E-state index contributed by atoms with van der Waals surface area (Å²) < 4.78 is 24.8. The Morgan fingerprint density at radius 3 is 2.29 bits per heavy atom. The van der Waals surface area contributed by atoms with Crippen molar-refractivity contribution < 1.29 is 8.42 Å². The summed E-state index contributed by atoms with van der Waals surface area (Å²) in [7, 11) is -3.85. The maximum atomic E-state index is 12.1. The van der Waals surface area contributed by atoms with Gasteiger partial charge in [-0.2, -0.15) is 3.97 Å². The smallest absolute Gasteiger partial charge is 0.309 e. The lowest BCUT2D eigenvalue weighted by atomic mass is 10.4. The standard InChI is InChI=1S/C10H9ClN2O3S/c1-7-6-13(10(14)12-7)17(15,16)9-4-2-8(11)3-5-9/h2-6H,1H3,(H,12,14). The molecule has 0 fully saturated rings. The zero-order chi connectivity index (χ0) is 12.6. The van der Waals surface area contributed by atoms with E-state index in [2.05, 4.69) is 4.98 Å². The van der Waals surface area contributed by atoms with Crippen LogP contribution in [0.3, 0.4) is 0 Å². The van der Waals surface area contributed by atoms with Gasteiger partial charge in [0.1, 0.15) is 0 Å². The molecule has 0 aliphatic rings. The zero-order valence-electron chi connectivity index (χ0n) is 8.84. The van der Waals surface area contributed by atoms with Crippen molar-refractivity contribution in [3.05, 3.63) is 51.7 Å². The number of nitrogens with one attached hydrogen (secondary N) is 1. The minimum atomic E-state index is -3.85. The molecular formula is C10H9ClN2O3S. The summed E-state index contributed by atoms with van der Waals surface area (Å²) in [6.45, 7) is 1.61. The summed E-state index contributed by atoms with van der Waals surface area (Å²) in [5, 5.41) is 0.432. The Kier molecular flexibility index (Phi) is 2.84. The van der Waals surface area contributed by atoms with Crippen LogP contribution in [-0.4, -0.2) is 17.4 Å². The van der Waals surface area contributed by atoms with Gasteiger partial charge in [-0.3, -0.25) is 0 Å². The maximum absolute atomic E-state index is 12.1. The van der Waals surface area contributed by atoms with Gasteiger partial charge in [0, 0.05) is 16.9 Å². The average molecular weight is 273 g/mol. The largest absolute Gasteiger partial charge is 0.339 e. The lowest BCUT2D eigenvalue weighted by molar-refractivity contribution is 0.585. The Balaban J connectivity index is 2.61. The first-order valence-corrected chi connectivity index (χ1v) is 6.52. The van der Waals surface area contributed by atoms with Gasteiger partial charge in [-0.05, 0) is 31.2 Å². The maximum Gasteiger partial charge on any atom is 0.339 e. The van der Waals surface area contributed by atoms with Crippen LogP contribution in [0.15, 0.2) is 40.2 Å². The highest BCUT2D eigenvalue weighted by molar-refractivity contribution is 7.90. The SMILES string of the molecule is Cc1cn(S(=O)(=O)c2ccc(Cl)cc2)c(=O)[nH]1. The van der Waals surface area contributed by atoms with E-state index in [1.54, 1.807) is 6.92 Å². The molecule has 0 unspecified atom stereocenters. The van der Waals surface area contributed by atoms with E-state index in [0.717, 1.165) is 0 Å². The van der Waals surface area contributed by atoms with Crippen LogP contribution < -0.4 is 5.69 Å². The summed E-state index contributed by atoms with van der Waals surface area (Å²) in [6, 6.07) is 5.62. The van der Waals surface area contributed by atoms with Crippen molar-refractivity contribution in [3.63, 3.8) is 0 Å². The highest BCUT2D eigenvalue weighted by Gasteiger charge is 2.19. The van der Waals surface area contributed by atoms with Crippen LogP contribution in [0.1, 0.15) is 5.69 Å². The van der Waals surface area contributed by atoms with Crippen LogP contribution in [0.25, 0.3) is 0 Å². The summed E-state index contributed by atoms with van der Waals surface area (Å²) in [6.07, 6.45) is 1.24. The number of aromatic amines is 1. The molecule has 0 saturated carbocycles. The number of benzene rings is 1. The first kappa shape index (κ1) is 11.9. The fraction of sp³-hybridized carbons (Fsp3) is 0.100. The highest BCUT2D eigenvalue weighted by atomic mass is 35.5. The molecule has 1 N–H and O–H groups in total. The molecule has 0 saturated heterocycles. The van der Waals surface area contributed by atoms with Crippen LogP contribution in [0, 0.1) is 6.92 Å². The number of nitrogens with zero attached hydrogens (tertiary/aromatic N) is 1. The lowest BCUT2D eigenvalue weighted by Gasteiger charge is -2.03. The second-order valence-corrected chi connectivity index (χ2v) is 5.75. The van der Waals surface area contributed by atoms with Crippen molar-refractivity contribution in [1.82, 2.24) is 8.96 Å². The predicted molar refractivity (Wildman–Crippen MR) is 63.8 cm³/mol. The lowest BCUT2D eigenvalue weighted by Crippen LogP contribution is -2.24. The Morgan fingerprint density at radius 1 is 1.24 bits per heavy atom. The molecule has 1 heterocycles. The summed E-state index contributed by atoms with van der Waals surface area (Å²) in [5.74, 6) is 0. The Bertz CT molecular complexity index is 698. The second-order valence-electron chi connectivity index (χ2n) is 3.50. The van der Waals surface area contributed by atoms with Crippen molar-refractivity contribution in [2.75, 3.05) is 0 Å². The van der Waals surface area contributed by atoms with E-state index in [1.807, 2.05) is 0 Å². The van der Waals surface area contributed by atoms with E-state index in [4.69, 9.17) is 11.6 Å². The number of H-pyrrole nitrogens is 1. The molecule has 7 heteroatoms. The topological polar surface area (TPSA) is 71.9 Å². The molecule has 5 nitrogen and oxygen atoms in total. The van der Waals surface area contributed by atoms with Gasteiger partial charge >= 0.3 is 5.69 Å². The molecule has 0 atom stereocenters. The minimum Gasteiger partial charge on any atom is -0.309 e. The third-order valence-corrected chi connectivity index (χ3v) is 4.09. The van der Waals surface area contributed by atoms with E-state index >= 15 is 0 Å². The molecule has 0 radical (unpaired) electrons. The second kappa shape index (κ2) is 4.05. The number of rotatable bonds is 2. The fourth-order valence-electron chi connectivity index (χ4n) is 1.39. The molecule has 1 aromatic carbocycles. The molecule has 1 aromatic heterocycles. The van der Waals surface area contributed by atoms with Gasteiger partial charge in [-0.1, -0.05) is 11.6 Å². The van der Waals surface area contributed by atoms with Crippen molar-refractivity contribution in [3.8, 4) is 0 Å². The van der Waals surface area contributed by atoms with Gasteiger partial charge in [0.2, 0.25) is 0 Å². The number of hydrogen-bond acceptors (Lipinski definition) is 3. The van der Waals surface area contributed by atoms with Crippen molar-refractivity contribution >= 4 is 21.6 Å². The van der Waals surface area contributed by atoms with Gasteiger partial charge in [0.25, 0.3) is 10.0 Å². The number of imidazole rings is 1. The quantitative estimate of drug-likeness (QED) is 0.898. The number of aromatic nitrogens is 2. The predicted octanol–water partition coefficient (Wildman–Crippen LogP) is 1.38. The van der Waals surface area contributed by atoms with Gasteiger partial charge in [-0.25, -0.2) is 13.2 Å². The highest BCUT2D eigenvalue weighted by Crippen LogP contribution is 2.15. The monoisotopic (exact) mass is 272 g/mol. The van der Waals surface area contributed by atoms with Crippen molar-refractivity contribution in [2.45, 2.75) is 11.8 Å². The van der Waals surface area contributed by atoms with E-state index in [-0.39, 0.29) is 4.90 Å². The number of halogens is 1. The molecule has 17 heavy (non-hydrogen) atoms. The van der Waals surface area contributed by atoms with Crippen molar-refractivity contribution in [1.29, 1.82) is 0 Å². The van der Waals surface area contributed by atoms with Crippen LogP contribution in [0.2, 0.25) is 5.02 Å². The van der Waals surface area contributed by atoms with Crippen LogP contribution in [-0.2, 0) is 10.0 Å². The molecule has 0 bridgehead atoms. The molecular weight excluding hydrogens is 264 g/mol. The first-order chi connectivity index (χ1) is 7.91. The first-order valence-electron chi connectivity index (χ1n) is 4.70. The summed E-state index contributed by atoms with van der Waals surface area (Å²) in [5.41, 5.74) is -0.204. The Hall–Kier alpha value is -1.53. The number of aryl methyl sites for hydroxylation is 1. The van der Waals surface area contributed by atoms with Crippen molar-refractivity contribution in [2.24, 2.45) is 0 Å². The zero-order valence-corrected chi connectivity index (χ0v) is 10.4. The molecule has 0 spiro atoms. The molecule has 2 rings (SSSR count). The van der Waals surface area contributed by atoms with E-state index in [9.17, 15) is 13.2 Å². The van der Waals surface area contributed by atoms with E-state index in [0.29, 0.717) is 14.7 Å². The third kappa shape index (κ3) is 2.13. The molecule has 0 amide bonds. The Morgan fingerprint density at radius 2 is 1.82 bits per heavy atom. The van der Waals surface area contributed by atoms with Crippen LogP contribution >= 0.6 is 11.6 Å². The number of hydrogen-bond donors (Lipinski definition) is 1. The van der Waals surface area contributed by atoms with E-state index in [1.165, 1.54) is 30.5 Å². The fourth-order valence-corrected chi connectivity index (χ4v) is 2.78. The molecule has 0 aliphatic carbocycles. The minimum absolute atomic E-state index is 0.0167. The summed E-state index contributed by atoms with van der Waals surface area (Å²) >= 11 is 5.67. The van der Waals surface area contributed by atoms with E-state index < -0.39 is 15.7 Å². The van der Waals surface area contributed by atoms with Crippen LogP contribution in [0.4, 0.5) is 0 Å². The third-order valence-electron chi connectivity index (χ3n) is 2.19. The molecule has 90 valence electrons. The van der Waals surface area contributed by atoms with Gasteiger partial charge < -0.3 is 4.98 Å². The van der Waals surface area contributed by atoms with Gasteiger partial charge in [0.05, 0.1) is 4.90 Å².